The van der Waals surface area contributed by atoms with E-state index in [1.807, 2.05) is 6.07 Å². The van der Waals surface area contributed by atoms with Gasteiger partial charge in [-0.1, -0.05) is 30.3 Å². The van der Waals surface area contributed by atoms with E-state index in [0.29, 0.717) is 32.6 Å². The Hall–Kier alpha value is -2.08. The van der Waals surface area contributed by atoms with Crippen LogP contribution in [0.15, 0.2) is 30.3 Å². The Kier molecular flexibility index (Phi) is 5.58. The monoisotopic (exact) mass is 344 g/mol. The van der Waals surface area contributed by atoms with Gasteiger partial charge < -0.3 is 15.5 Å². The third-order valence-corrected chi connectivity index (χ3v) is 5.34. The molecule has 0 aliphatic carbocycles. The lowest BCUT2D eigenvalue weighted by Gasteiger charge is -2.36. The van der Waals surface area contributed by atoms with Gasteiger partial charge in [0.1, 0.15) is 0 Å². The number of nitrogens with zero attached hydrogens (tertiary/aromatic N) is 2. The molecule has 1 atom stereocenters. The summed E-state index contributed by atoms with van der Waals surface area (Å²) in [5, 5.41) is 5.90. The first-order chi connectivity index (χ1) is 12.1. The topological polar surface area (TPSA) is 64.7 Å². The summed E-state index contributed by atoms with van der Waals surface area (Å²) in [5.74, 6) is 0.0205. The van der Waals surface area contributed by atoms with Crippen molar-refractivity contribution in [2.75, 3.05) is 32.7 Å². The maximum Gasteiger partial charge on any atom is 0.317 e. The van der Waals surface area contributed by atoms with Crippen molar-refractivity contribution in [1.82, 2.24) is 20.4 Å². The van der Waals surface area contributed by atoms with Gasteiger partial charge in [0.15, 0.2) is 0 Å². The number of carbonyl (C=O) groups is 2. The summed E-state index contributed by atoms with van der Waals surface area (Å²) in [7, 11) is 0. The average molecular weight is 344 g/mol. The second-order valence-electron chi connectivity index (χ2n) is 7.25. The molecule has 0 bridgehead atoms. The van der Waals surface area contributed by atoms with Crippen molar-refractivity contribution in [3.05, 3.63) is 35.9 Å². The second-order valence-corrected chi connectivity index (χ2v) is 7.25. The summed E-state index contributed by atoms with van der Waals surface area (Å²) >= 11 is 0. The molecule has 6 heteroatoms. The zero-order chi connectivity index (χ0) is 17.7. The van der Waals surface area contributed by atoms with Crippen LogP contribution < -0.4 is 10.6 Å². The zero-order valence-corrected chi connectivity index (χ0v) is 15.0. The molecule has 6 nitrogen and oxygen atoms in total. The SMILES string of the molecule is CC1(CNC(=O)N2CCNC(=O)CC2)CCCN1Cc1ccccc1. The van der Waals surface area contributed by atoms with E-state index in [1.54, 1.807) is 4.90 Å². The quantitative estimate of drug-likeness (QED) is 0.871. The van der Waals surface area contributed by atoms with Gasteiger partial charge in [0.05, 0.1) is 0 Å². The van der Waals surface area contributed by atoms with Gasteiger partial charge in [0.2, 0.25) is 5.91 Å². The summed E-state index contributed by atoms with van der Waals surface area (Å²) < 4.78 is 0. The zero-order valence-electron chi connectivity index (χ0n) is 15.0. The number of urea groups is 1. The van der Waals surface area contributed by atoms with Gasteiger partial charge in [0, 0.05) is 44.7 Å². The largest absolute Gasteiger partial charge is 0.354 e. The third kappa shape index (κ3) is 4.51. The molecule has 3 amide bonds. The Balaban J connectivity index is 1.55. The Morgan fingerprint density at radius 1 is 1.24 bits per heavy atom. The van der Waals surface area contributed by atoms with E-state index in [2.05, 4.69) is 46.7 Å². The van der Waals surface area contributed by atoms with Gasteiger partial charge in [-0.2, -0.15) is 0 Å². The highest BCUT2D eigenvalue weighted by molar-refractivity contribution is 5.79. The third-order valence-electron chi connectivity index (χ3n) is 5.34. The van der Waals surface area contributed by atoms with Crippen molar-refractivity contribution in [2.45, 2.75) is 38.3 Å². The molecule has 2 heterocycles. The van der Waals surface area contributed by atoms with E-state index >= 15 is 0 Å². The fourth-order valence-electron chi connectivity index (χ4n) is 3.70. The van der Waals surface area contributed by atoms with Gasteiger partial charge in [-0.15, -0.1) is 0 Å². The summed E-state index contributed by atoms with van der Waals surface area (Å²) in [6.45, 7) is 6.43. The molecule has 25 heavy (non-hydrogen) atoms. The van der Waals surface area contributed by atoms with Crippen molar-refractivity contribution in [3.8, 4) is 0 Å². The Bertz CT molecular complexity index is 607. The highest BCUT2D eigenvalue weighted by Gasteiger charge is 2.37. The van der Waals surface area contributed by atoms with Crippen LogP contribution in [0.1, 0.15) is 31.7 Å². The van der Waals surface area contributed by atoms with Crippen LogP contribution in [0.4, 0.5) is 4.79 Å². The first-order valence-corrected chi connectivity index (χ1v) is 9.15. The Labute approximate surface area is 149 Å². The number of rotatable bonds is 4. The minimum absolute atomic E-state index is 0.0205. The molecule has 0 spiro atoms. The molecule has 3 rings (SSSR count). The van der Waals surface area contributed by atoms with Gasteiger partial charge in [-0.3, -0.25) is 9.69 Å². The smallest absolute Gasteiger partial charge is 0.317 e. The minimum atomic E-state index is -0.0655. The number of likely N-dealkylation sites (tertiary alicyclic amines) is 1. The number of hydrogen-bond donors (Lipinski definition) is 2. The number of benzene rings is 1. The summed E-state index contributed by atoms with van der Waals surface area (Å²) in [6.07, 6.45) is 2.62. The van der Waals surface area contributed by atoms with Crippen LogP contribution in [0, 0.1) is 0 Å². The lowest BCUT2D eigenvalue weighted by molar-refractivity contribution is -0.120. The number of hydrogen-bond acceptors (Lipinski definition) is 3. The van der Waals surface area contributed by atoms with E-state index in [9.17, 15) is 9.59 Å². The van der Waals surface area contributed by atoms with Gasteiger partial charge >= 0.3 is 6.03 Å². The van der Waals surface area contributed by atoms with Crippen LogP contribution in [0.25, 0.3) is 0 Å². The lowest BCUT2D eigenvalue weighted by atomic mass is 9.98. The Morgan fingerprint density at radius 3 is 2.84 bits per heavy atom. The van der Waals surface area contributed by atoms with E-state index in [4.69, 9.17) is 0 Å². The van der Waals surface area contributed by atoms with Crippen molar-refractivity contribution >= 4 is 11.9 Å². The molecule has 1 aromatic carbocycles. The maximum absolute atomic E-state index is 12.5. The maximum atomic E-state index is 12.5. The normalized spacial score (nSPS) is 24.7. The van der Waals surface area contributed by atoms with Gasteiger partial charge in [-0.05, 0) is 31.9 Å². The highest BCUT2D eigenvalue weighted by Crippen LogP contribution is 2.30. The first-order valence-electron chi connectivity index (χ1n) is 9.15. The minimum Gasteiger partial charge on any atom is -0.354 e. The highest BCUT2D eigenvalue weighted by atomic mass is 16.2. The van der Waals surface area contributed by atoms with Gasteiger partial charge in [-0.25, -0.2) is 4.79 Å². The fraction of sp³-hybridized carbons (Fsp3) is 0.579. The van der Waals surface area contributed by atoms with Crippen molar-refractivity contribution in [1.29, 1.82) is 0 Å². The van der Waals surface area contributed by atoms with Crippen LogP contribution in [0.5, 0.6) is 0 Å². The standard InChI is InChI=1S/C19H28N4O2/c1-19(9-5-11-23(19)14-16-6-3-2-4-7-16)15-21-18(25)22-12-8-17(24)20-10-13-22/h2-4,6-7H,5,8-15H2,1H3,(H,20,24)(H,21,25). The second kappa shape index (κ2) is 7.87. The van der Waals surface area contributed by atoms with Crippen LogP contribution >= 0.6 is 0 Å². The molecule has 1 aromatic rings. The molecular formula is C19H28N4O2. The van der Waals surface area contributed by atoms with Crippen LogP contribution in [-0.2, 0) is 11.3 Å². The van der Waals surface area contributed by atoms with Crippen molar-refractivity contribution in [3.63, 3.8) is 0 Å². The fourth-order valence-corrected chi connectivity index (χ4v) is 3.70. The van der Waals surface area contributed by atoms with Crippen LogP contribution in [0.3, 0.4) is 0 Å². The summed E-state index contributed by atoms with van der Waals surface area (Å²) in [6, 6.07) is 10.4. The van der Waals surface area contributed by atoms with E-state index < -0.39 is 0 Å². The number of nitrogens with one attached hydrogen (secondary N) is 2. The molecule has 0 radical (unpaired) electrons. The molecule has 2 aliphatic rings. The average Bonchev–Trinajstić information content (AvgIpc) is 2.83. The van der Waals surface area contributed by atoms with E-state index in [-0.39, 0.29) is 17.5 Å². The summed E-state index contributed by atoms with van der Waals surface area (Å²) in [4.78, 5) is 28.1. The number of amides is 3. The van der Waals surface area contributed by atoms with Crippen LogP contribution in [-0.4, -0.2) is 60.0 Å². The molecule has 0 saturated carbocycles. The molecule has 1 unspecified atom stereocenters. The predicted octanol–water partition coefficient (Wildman–Crippen LogP) is 1.57. The summed E-state index contributed by atoms with van der Waals surface area (Å²) in [5.41, 5.74) is 1.28. The van der Waals surface area contributed by atoms with E-state index in [0.717, 1.165) is 25.9 Å². The van der Waals surface area contributed by atoms with Crippen LogP contribution in [0.2, 0.25) is 0 Å². The molecule has 2 aliphatic heterocycles. The number of carbonyl (C=O) groups excluding carboxylic acids is 2. The Morgan fingerprint density at radius 2 is 2.04 bits per heavy atom. The predicted molar refractivity (Wildman–Crippen MR) is 97.1 cm³/mol. The lowest BCUT2D eigenvalue weighted by Crippen LogP contribution is -2.52. The molecule has 2 saturated heterocycles. The molecule has 136 valence electrons. The molecule has 2 N–H and O–H groups in total. The van der Waals surface area contributed by atoms with Crippen molar-refractivity contribution < 1.29 is 9.59 Å². The molecule has 0 aromatic heterocycles. The van der Waals surface area contributed by atoms with E-state index in [1.165, 1.54) is 5.56 Å². The first kappa shape index (κ1) is 17.7. The van der Waals surface area contributed by atoms with Crippen molar-refractivity contribution in [2.24, 2.45) is 0 Å². The molecule has 2 fully saturated rings. The van der Waals surface area contributed by atoms with Gasteiger partial charge in [0.25, 0.3) is 0 Å². The molecular weight excluding hydrogens is 316 g/mol.